The first-order chi connectivity index (χ1) is 20.5. The molecule has 0 saturated carbocycles. The summed E-state index contributed by atoms with van der Waals surface area (Å²) in [5.74, 6) is -0.976. The molecular weight excluding hydrogens is 597 g/mol. The number of aromatic nitrogens is 8. The quantitative estimate of drug-likeness (QED) is 0.116. The van der Waals surface area contributed by atoms with E-state index in [-0.39, 0.29) is 53.1 Å². The summed E-state index contributed by atoms with van der Waals surface area (Å²) in [6, 6.07) is 0. The molecule has 0 amide bonds. The molecule has 10 N–H and O–H groups in total. The minimum Gasteiger partial charge on any atom is -0.388 e. The number of hydrogen-bond donors (Lipinski definition) is 7. The van der Waals surface area contributed by atoms with Gasteiger partial charge in [-0.3, -0.25) is 28.0 Å². The molecule has 3 fully saturated rings. The average molecular weight is 623 g/mol. The molecule has 43 heavy (non-hydrogen) atoms. The SMILES string of the molecule is Nc1nc(N)c2ncn([C@@H]3OC4COP(=O)(O)O[C@@H]5[C@H](O)C(OCC[C@H]4[C@H]3O)O[C@H]5n3cnc4c(=O)[nH]c(N)nc43)c2n1. The maximum Gasteiger partial charge on any atom is 0.472 e. The van der Waals surface area contributed by atoms with Crippen molar-refractivity contribution in [2.24, 2.45) is 5.92 Å². The molecule has 0 aliphatic carbocycles. The zero-order chi connectivity index (χ0) is 30.2. The number of fused-ring (bicyclic) bond motifs is 5. The summed E-state index contributed by atoms with van der Waals surface area (Å²) in [5, 5.41) is 22.3. The van der Waals surface area contributed by atoms with Crippen LogP contribution in [0.2, 0.25) is 0 Å². The number of nitrogens with zero attached hydrogens (tertiary/aromatic N) is 7. The number of ether oxygens (including phenoxy) is 3. The molecule has 4 aromatic rings. The van der Waals surface area contributed by atoms with Crippen molar-refractivity contribution in [1.29, 1.82) is 0 Å². The van der Waals surface area contributed by atoms with Crippen LogP contribution in [0.4, 0.5) is 17.7 Å². The highest BCUT2D eigenvalue weighted by molar-refractivity contribution is 7.47. The number of nitrogens with one attached hydrogen (secondary N) is 1. The number of aliphatic hydroxyl groups is 2. The van der Waals surface area contributed by atoms with Crippen molar-refractivity contribution in [3.05, 3.63) is 23.0 Å². The van der Waals surface area contributed by atoms with Crippen molar-refractivity contribution >= 4 is 47.9 Å². The Labute approximate surface area is 239 Å². The Kier molecular flexibility index (Phi) is 6.61. The minimum atomic E-state index is -4.92. The predicted molar refractivity (Wildman–Crippen MR) is 141 cm³/mol. The molecule has 7 rings (SSSR count). The van der Waals surface area contributed by atoms with Gasteiger partial charge in [-0.1, -0.05) is 0 Å². The van der Waals surface area contributed by atoms with Crippen LogP contribution in [0.3, 0.4) is 0 Å². The van der Waals surface area contributed by atoms with Crippen LogP contribution in [-0.4, -0.2) is 98.1 Å². The van der Waals surface area contributed by atoms with Crippen LogP contribution in [0.25, 0.3) is 22.3 Å². The number of anilines is 3. The summed E-state index contributed by atoms with van der Waals surface area (Å²) in [6.07, 6.45) is -6.30. The van der Waals surface area contributed by atoms with E-state index < -0.39 is 69.1 Å². The maximum atomic E-state index is 13.1. The summed E-state index contributed by atoms with van der Waals surface area (Å²) in [7, 11) is -4.92. The molecule has 21 nitrogen and oxygen atoms in total. The van der Waals surface area contributed by atoms with Crippen LogP contribution >= 0.6 is 7.82 Å². The van der Waals surface area contributed by atoms with Gasteiger partial charge in [0.1, 0.15) is 23.8 Å². The lowest BCUT2D eigenvalue weighted by molar-refractivity contribution is -0.178. The highest BCUT2D eigenvalue weighted by Crippen LogP contribution is 2.51. The van der Waals surface area contributed by atoms with Gasteiger partial charge in [-0.15, -0.1) is 0 Å². The monoisotopic (exact) mass is 623 g/mol. The Morgan fingerprint density at radius 1 is 0.977 bits per heavy atom. The van der Waals surface area contributed by atoms with Crippen molar-refractivity contribution in [3.8, 4) is 0 Å². The fourth-order valence-corrected chi connectivity index (χ4v) is 6.51. The zero-order valence-corrected chi connectivity index (χ0v) is 22.8. The van der Waals surface area contributed by atoms with Crippen LogP contribution in [0.1, 0.15) is 18.9 Å². The lowest BCUT2D eigenvalue weighted by Crippen LogP contribution is -2.37. The second kappa shape index (κ2) is 10.1. The molecule has 230 valence electrons. The molecule has 3 aliphatic heterocycles. The average Bonchev–Trinajstić information content (AvgIpc) is 3.69. The molecule has 7 heterocycles. The number of aliphatic hydroxyl groups excluding tert-OH is 2. The second-order valence-electron chi connectivity index (χ2n) is 10.2. The standard InChI is InChI=1S/C21H26N11O10P/c22-13-8-14(28-20(23)27-13)31(4-25-8)17-10(33)6-1-2-38-19-11(34)12(42-43(36,37)39-3-7(6)40-17)18(41-19)32-5-26-9-15(32)29-21(24)30-16(9)35/h4-7,10-12,17-19,33-34H,1-3H2,(H,36,37)(H4,22,23,27,28)(H3,24,29,30,35)/t6-,7?,10-,11+,12-,17-,18-,19?/m1/s1. The molecule has 9 atom stereocenters. The van der Waals surface area contributed by atoms with Crippen molar-refractivity contribution in [1.82, 2.24) is 39.0 Å². The van der Waals surface area contributed by atoms with Gasteiger partial charge in [0.25, 0.3) is 5.56 Å². The first-order valence-electron chi connectivity index (χ1n) is 12.9. The van der Waals surface area contributed by atoms with E-state index in [1.54, 1.807) is 0 Å². The Morgan fingerprint density at radius 2 is 1.70 bits per heavy atom. The third kappa shape index (κ3) is 4.70. The van der Waals surface area contributed by atoms with Crippen LogP contribution < -0.4 is 22.8 Å². The molecule has 2 bridgehead atoms. The second-order valence-corrected chi connectivity index (χ2v) is 11.6. The normalized spacial score (nSPS) is 35.1. The highest BCUT2D eigenvalue weighted by Gasteiger charge is 2.52. The van der Waals surface area contributed by atoms with Crippen LogP contribution in [0.15, 0.2) is 17.4 Å². The number of rotatable bonds is 2. The van der Waals surface area contributed by atoms with Crippen molar-refractivity contribution in [3.63, 3.8) is 0 Å². The maximum absolute atomic E-state index is 13.1. The third-order valence-corrected chi connectivity index (χ3v) is 8.53. The van der Waals surface area contributed by atoms with Gasteiger partial charge >= 0.3 is 7.82 Å². The van der Waals surface area contributed by atoms with Gasteiger partial charge in [0.2, 0.25) is 11.9 Å². The first-order valence-corrected chi connectivity index (χ1v) is 14.4. The van der Waals surface area contributed by atoms with E-state index in [1.165, 1.54) is 21.8 Å². The number of phosphoric ester groups is 1. The van der Waals surface area contributed by atoms with E-state index >= 15 is 0 Å². The van der Waals surface area contributed by atoms with E-state index in [9.17, 15) is 24.5 Å². The number of nitrogen functional groups attached to an aromatic ring is 3. The van der Waals surface area contributed by atoms with Gasteiger partial charge in [0.15, 0.2) is 41.4 Å². The van der Waals surface area contributed by atoms with E-state index in [0.717, 1.165) is 0 Å². The number of hydrogen-bond acceptors (Lipinski definition) is 17. The van der Waals surface area contributed by atoms with Crippen molar-refractivity contribution in [2.45, 2.75) is 49.6 Å². The molecular formula is C21H26N11O10P. The van der Waals surface area contributed by atoms with Crippen molar-refractivity contribution in [2.75, 3.05) is 30.4 Å². The summed E-state index contributed by atoms with van der Waals surface area (Å²) < 4.78 is 44.2. The molecule has 22 heteroatoms. The third-order valence-electron chi connectivity index (χ3n) is 7.55. The van der Waals surface area contributed by atoms with Gasteiger partial charge in [0.05, 0.1) is 32.0 Å². The Bertz CT molecular complexity index is 1810. The molecule has 3 aliphatic rings. The number of aromatic amines is 1. The summed E-state index contributed by atoms with van der Waals surface area (Å²) in [4.78, 5) is 45.5. The molecule has 3 unspecified atom stereocenters. The van der Waals surface area contributed by atoms with Crippen LogP contribution in [0, 0.1) is 5.92 Å². The van der Waals surface area contributed by atoms with Gasteiger partial charge in [-0.2, -0.15) is 15.0 Å². The predicted octanol–water partition coefficient (Wildman–Crippen LogP) is -2.28. The smallest absolute Gasteiger partial charge is 0.388 e. The highest BCUT2D eigenvalue weighted by atomic mass is 31.2. The summed E-state index contributed by atoms with van der Waals surface area (Å²) in [5.41, 5.74) is 17.0. The fraction of sp³-hybridized carbons (Fsp3) is 0.524. The largest absolute Gasteiger partial charge is 0.472 e. The molecule has 0 spiro atoms. The Balaban J connectivity index is 1.17. The van der Waals surface area contributed by atoms with Gasteiger partial charge in [-0.25, -0.2) is 14.5 Å². The van der Waals surface area contributed by atoms with Gasteiger partial charge in [0, 0.05) is 5.92 Å². The van der Waals surface area contributed by atoms with E-state index in [1.807, 2.05) is 0 Å². The first kappa shape index (κ1) is 28.0. The number of nitrogens with two attached hydrogens (primary N) is 3. The summed E-state index contributed by atoms with van der Waals surface area (Å²) in [6.45, 7) is -0.536. The van der Waals surface area contributed by atoms with Crippen LogP contribution in [-0.2, 0) is 27.8 Å². The number of imidazole rings is 2. The Morgan fingerprint density at radius 3 is 2.49 bits per heavy atom. The topological polar surface area (TPSA) is 309 Å². The molecule has 0 radical (unpaired) electrons. The minimum absolute atomic E-state index is 0.0244. The van der Waals surface area contributed by atoms with E-state index in [4.69, 9.17) is 40.5 Å². The van der Waals surface area contributed by atoms with Crippen LogP contribution in [0.5, 0.6) is 0 Å². The van der Waals surface area contributed by atoms with E-state index in [2.05, 4.69) is 29.9 Å². The molecule has 3 saturated heterocycles. The lowest BCUT2D eigenvalue weighted by Gasteiger charge is -2.26. The zero-order valence-electron chi connectivity index (χ0n) is 21.9. The molecule has 0 aromatic carbocycles. The number of H-pyrrole nitrogens is 1. The van der Waals surface area contributed by atoms with Gasteiger partial charge < -0.3 is 46.5 Å². The lowest BCUT2D eigenvalue weighted by atomic mass is 9.95. The number of phosphoric acid groups is 1. The molecule has 4 aromatic heterocycles. The fourth-order valence-electron chi connectivity index (χ4n) is 5.58. The van der Waals surface area contributed by atoms with E-state index in [0.29, 0.717) is 0 Å². The Hall–Kier alpha value is -3.79. The van der Waals surface area contributed by atoms with Crippen molar-refractivity contribution < 1.29 is 42.9 Å². The summed E-state index contributed by atoms with van der Waals surface area (Å²) >= 11 is 0. The van der Waals surface area contributed by atoms with Gasteiger partial charge in [-0.05, 0) is 6.42 Å².